The third-order valence-corrected chi connectivity index (χ3v) is 2.87. The van der Waals surface area contributed by atoms with Gasteiger partial charge in [0.25, 0.3) is 0 Å². The molecule has 0 aromatic rings. The summed E-state index contributed by atoms with van der Waals surface area (Å²) in [4.78, 5) is 2.23. The second-order valence-electron chi connectivity index (χ2n) is 4.10. The van der Waals surface area contributed by atoms with Crippen LogP contribution in [-0.4, -0.2) is 56.7 Å². The molecule has 2 aliphatic heterocycles. The van der Waals surface area contributed by atoms with Gasteiger partial charge in [0, 0.05) is 26.1 Å². The van der Waals surface area contributed by atoms with Crippen LogP contribution in [0.4, 0.5) is 0 Å². The number of ether oxygens (including phenoxy) is 3. The molecular formula is C11H18N2O3. The van der Waals surface area contributed by atoms with Gasteiger partial charge in [-0.3, -0.25) is 4.90 Å². The average Bonchev–Trinajstić information content (AvgIpc) is 2.38. The number of hydrogen-bond acceptors (Lipinski definition) is 5. The Kier molecular flexibility index (Phi) is 4.55. The quantitative estimate of drug-likeness (QED) is 0.695. The van der Waals surface area contributed by atoms with E-state index < -0.39 is 0 Å². The molecule has 0 saturated carbocycles. The second-order valence-corrected chi connectivity index (χ2v) is 4.10. The van der Waals surface area contributed by atoms with Crippen LogP contribution < -0.4 is 0 Å². The van der Waals surface area contributed by atoms with Crippen LogP contribution in [0.3, 0.4) is 0 Å². The minimum Gasteiger partial charge on any atom is -0.361 e. The van der Waals surface area contributed by atoms with Gasteiger partial charge in [0.15, 0.2) is 12.4 Å². The lowest BCUT2D eigenvalue weighted by Gasteiger charge is -2.31. The lowest BCUT2D eigenvalue weighted by atomic mass is 10.2. The molecule has 0 amide bonds. The minimum atomic E-state index is -0.276. The lowest BCUT2D eigenvalue weighted by molar-refractivity contribution is -0.183. The van der Waals surface area contributed by atoms with E-state index >= 15 is 0 Å². The van der Waals surface area contributed by atoms with Crippen LogP contribution in [0.5, 0.6) is 0 Å². The molecular weight excluding hydrogens is 208 g/mol. The van der Waals surface area contributed by atoms with E-state index in [1.807, 2.05) is 0 Å². The Labute approximate surface area is 95.9 Å². The summed E-state index contributed by atoms with van der Waals surface area (Å²) in [6.07, 6.45) is 1.53. The topological polar surface area (TPSA) is 54.7 Å². The molecule has 0 N–H and O–H groups in total. The lowest BCUT2D eigenvalue weighted by Crippen LogP contribution is -2.43. The first-order valence-electron chi connectivity index (χ1n) is 5.85. The first kappa shape index (κ1) is 11.8. The van der Waals surface area contributed by atoms with E-state index in [9.17, 15) is 0 Å². The van der Waals surface area contributed by atoms with E-state index in [1.165, 1.54) is 0 Å². The summed E-state index contributed by atoms with van der Waals surface area (Å²) in [5.41, 5.74) is 0. The Morgan fingerprint density at radius 2 is 2.00 bits per heavy atom. The summed E-state index contributed by atoms with van der Waals surface area (Å²) < 4.78 is 16.2. The van der Waals surface area contributed by atoms with E-state index in [0.29, 0.717) is 13.2 Å². The molecule has 1 unspecified atom stereocenters. The molecule has 2 rings (SSSR count). The van der Waals surface area contributed by atoms with E-state index in [2.05, 4.69) is 11.0 Å². The third kappa shape index (κ3) is 3.42. The highest BCUT2D eigenvalue weighted by atomic mass is 16.7. The maximum absolute atomic E-state index is 8.77. The second kappa shape index (κ2) is 6.16. The van der Waals surface area contributed by atoms with Crippen molar-refractivity contribution in [3.8, 4) is 6.07 Å². The molecule has 2 heterocycles. The van der Waals surface area contributed by atoms with Gasteiger partial charge in [0.1, 0.15) is 0 Å². The fraction of sp³-hybridized carbons (Fsp3) is 0.909. The van der Waals surface area contributed by atoms with Crippen LogP contribution in [0.1, 0.15) is 12.8 Å². The van der Waals surface area contributed by atoms with Crippen LogP contribution in [-0.2, 0) is 14.2 Å². The maximum atomic E-state index is 8.77. The monoisotopic (exact) mass is 226 g/mol. The van der Waals surface area contributed by atoms with Crippen molar-refractivity contribution >= 4 is 0 Å². The summed E-state index contributed by atoms with van der Waals surface area (Å²) in [6, 6.07) is 2.15. The maximum Gasteiger partial charge on any atom is 0.158 e. The number of hydrogen-bond donors (Lipinski definition) is 0. The fourth-order valence-corrected chi connectivity index (χ4v) is 1.97. The molecule has 0 aliphatic carbocycles. The molecule has 1 atom stereocenters. The van der Waals surface area contributed by atoms with E-state index in [1.54, 1.807) is 0 Å². The predicted molar refractivity (Wildman–Crippen MR) is 56.7 cm³/mol. The Bertz CT molecular complexity index is 248. The summed E-state index contributed by atoms with van der Waals surface area (Å²) in [7, 11) is 0. The smallest absolute Gasteiger partial charge is 0.158 e. The van der Waals surface area contributed by atoms with Crippen LogP contribution in [0.15, 0.2) is 0 Å². The van der Waals surface area contributed by atoms with Crippen molar-refractivity contribution in [3.05, 3.63) is 0 Å². The molecule has 90 valence electrons. The van der Waals surface area contributed by atoms with Crippen molar-refractivity contribution in [2.75, 3.05) is 39.5 Å². The Morgan fingerprint density at radius 1 is 1.19 bits per heavy atom. The van der Waals surface area contributed by atoms with Crippen molar-refractivity contribution in [3.63, 3.8) is 0 Å². The van der Waals surface area contributed by atoms with Crippen LogP contribution in [0, 0.1) is 11.3 Å². The summed E-state index contributed by atoms with van der Waals surface area (Å²) in [5.74, 6) is 0. The largest absolute Gasteiger partial charge is 0.361 e. The van der Waals surface area contributed by atoms with Crippen LogP contribution >= 0.6 is 0 Å². The van der Waals surface area contributed by atoms with Crippen LogP contribution in [0.25, 0.3) is 0 Å². The van der Waals surface area contributed by atoms with Crippen LogP contribution in [0.2, 0.25) is 0 Å². The van der Waals surface area contributed by atoms with Gasteiger partial charge in [-0.2, -0.15) is 5.26 Å². The molecule has 5 heteroatoms. The zero-order valence-electron chi connectivity index (χ0n) is 9.43. The van der Waals surface area contributed by atoms with Gasteiger partial charge in [-0.15, -0.1) is 0 Å². The molecule has 0 spiro atoms. The van der Waals surface area contributed by atoms with E-state index in [-0.39, 0.29) is 12.4 Å². The molecule has 0 radical (unpaired) electrons. The summed E-state index contributed by atoms with van der Waals surface area (Å²) in [5, 5.41) is 8.77. The van der Waals surface area contributed by atoms with Crippen molar-refractivity contribution < 1.29 is 14.2 Å². The molecule has 2 saturated heterocycles. The van der Waals surface area contributed by atoms with Gasteiger partial charge in [-0.25, -0.2) is 0 Å². The molecule has 16 heavy (non-hydrogen) atoms. The fourth-order valence-electron chi connectivity index (χ4n) is 1.97. The van der Waals surface area contributed by atoms with Gasteiger partial charge < -0.3 is 14.2 Å². The van der Waals surface area contributed by atoms with Crippen molar-refractivity contribution in [1.29, 1.82) is 5.26 Å². The van der Waals surface area contributed by atoms with Gasteiger partial charge >= 0.3 is 0 Å². The normalized spacial score (nSPS) is 28.8. The van der Waals surface area contributed by atoms with Gasteiger partial charge in [-0.05, 0) is 6.42 Å². The highest BCUT2D eigenvalue weighted by Crippen LogP contribution is 2.11. The number of rotatable bonds is 3. The predicted octanol–water partition coefficient (Wildman–Crippen LogP) is 0.364. The molecule has 2 aliphatic rings. The SMILES string of the molecule is N#CC1CN(CCC2OCCCO2)CCO1. The van der Waals surface area contributed by atoms with Crippen molar-refractivity contribution in [1.82, 2.24) is 4.90 Å². The van der Waals surface area contributed by atoms with Crippen molar-refractivity contribution in [2.24, 2.45) is 0 Å². The molecule has 0 aromatic carbocycles. The summed E-state index contributed by atoms with van der Waals surface area (Å²) in [6.45, 7) is 4.74. The Morgan fingerprint density at radius 3 is 2.75 bits per heavy atom. The summed E-state index contributed by atoms with van der Waals surface area (Å²) >= 11 is 0. The van der Waals surface area contributed by atoms with E-state index in [4.69, 9.17) is 19.5 Å². The number of nitriles is 1. The minimum absolute atomic E-state index is 0.0582. The Balaban J connectivity index is 1.67. The standard InChI is InChI=1S/C11H18N2O3/c12-8-10-9-13(4-7-14-10)3-2-11-15-5-1-6-16-11/h10-11H,1-7,9H2. The molecule has 2 fully saturated rings. The molecule has 0 bridgehead atoms. The van der Waals surface area contributed by atoms with Gasteiger partial charge in [-0.1, -0.05) is 0 Å². The molecule has 0 aromatic heterocycles. The third-order valence-electron chi connectivity index (χ3n) is 2.87. The first-order valence-corrected chi connectivity index (χ1v) is 5.85. The number of nitrogens with zero attached hydrogens (tertiary/aromatic N) is 2. The zero-order chi connectivity index (χ0) is 11.2. The average molecular weight is 226 g/mol. The van der Waals surface area contributed by atoms with Crippen molar-refractivity contribution in [2.45, 2.75) is 25.2 Å². The highest BCUT2D eigenvalue weighted by molar-refractivity contribution is 4.89. The number of morpholine rings is 1. The highest BCUT2D eigenvalue weighted by Gasteiger charge is 2.21. The van der Waals surface area contributed by atoms with Gasteiger partial charge in [0.05, 0.1) is 25.9 Å². The van der Waals surface area contributed by atoms with Gasteiger partial charge in [0.2, 0.25) is 0 Å². The zero-order valence-corrected chi connectivity index (χ0v) is 9.43. The Hall–Kier alpha value is -0.670. The van der Waals surface area contributed by atoms with E-state index in [0.717, 1.165) is 39.1 Å². The first-order chi connectivity index (χ1) is 7.88. The molecule has 5 nitrogen and oxygen atoms in total.